The van der Waals surface area contributed by atoms with Crippen molar-refractivity contribution in [2.75, 3.05) is 6.61 Å². The third-order valence-electron chi connectivity index (χ3n) is 4.21. The van der Waals surface area contributed by atoms with Gasteiger partial charge in [-0.3, -0.25) is 4.79 Å². The van der Waals surface area contributed by atoms with Crippen LogP contribution in [0.1, 0.15) is 29.7 Å². The lowest BCUT2D eigenvalue weighted by molar-refractivity contribution is -0.117. The number of sulfonamides is 1. The van der Waals surface area contributed by atoms with Gasteiger partial charge in [-0.25, -0.2) is 13.6 Å². The van der Waals surface area contributed by atoms with Crippen LogP contribution in [0, 0.1) is 0 Å². The molecule has 0 radical (unpaired) electrons. The third-order valence-corrected chi connectivity index (χ3v) is 5.14. The zero-order chi connectivity index (χ0) is 18.7. The fourth-order valence-corrected chi connectivity index (χ4v) is 3.29. The summed E-state index contributed by atoms with van der Waals surface area (Å²) in [7, 11) is -3.72. The van der Waals surface area contributed by atoms with Crippen LogP contribution in [0.4, 0.5) is 0 Å². The smallest absolute Gasteiger partial charge is 0.244 e. The molecule has 7 heteroatoms. The van der Waals surface area contributed by atoms with E-state index in [9.17, 15) is 13.2 Å². The van der Waals surface area contributed by atoms with E-state index in [2.05, 4.69) is 5.32 Å². The van der Waals surface area contributed by atoms with Crippen LogP contribution >= 0.6 is 0 Å². The van der Waals surface area contributed by atoms with Gasteiger partial charge in [-0.15, -0.1) is 0 Å². The Hall–Kier alpha value is -2.64. The average molecular weight is 372 g/mol. The zero-order valence-electron chi connectivity index (χ0n) is 14.3. The van der Waals surface area contributed by atoms with Gasteiger partial charge in [-0.05, 0) is 54.0 Å². The number of ether oxygens (including phenoxy) is 1. The topological polar surface area (TPSA) is 98.5 Å². The highest BCUT2D eigenvalue weighted by Crippen LogP contribution is 2.26. The van der Waals surface area contributed by atoms with Gasteiger partial charge in [-0.1, -0.05) is 18.2 Å². The molecule has 0 fully saturated rings. The van der Waals surface area contributed by atoms with Gasteiger partial charge in [-0.2, -0.15) is 0 Å². The first-order valence-corrected chi connectivity index (χ1v) is 9.74. The molecule has 2 aromatic rings. The fourth-order valence-electron chi connectivity index (χ4n) is 2.77. The first-order chi connectivity index (χ1) is 12.3. The SMILES string of the molecule is CC(NC(=O)/C=C/c1ccc2c(c1)CCO2)c1ccc(S(N)(=O)=O)cc1. The number of hydrogen-bond acceptors (Lipinski definition) is 4. The number of carbonyl (C=O) groups is 1. The molecule has 0 bridgehead atoms. The molecular formula is C19H20N2O4S. The van der Waals surface area contributed by atoms with E-state index in [1.807, 2.05) is 25.1 Å². The van der Waals surface area contributed by atoms with Gasteiger partial charge in [0.1, 0.15) is 5.75 Å². The Bertz CT molecular complexity index is 950. The number of carbonyl (C=O) groups excluding carboxylic acids is 1. The molecule has 0 aliphatic carbocycles. The third kappa shape index (κ3) is 4.30. The van der Waals surface area contributed by atoms with Gasteiger partial charge in [0.15, 0.2) is 0 Å². The number of hydrogen-bond donors (Lipinski definition) is 2. The van der Waals surface area contributed by atoms with E-state index in [-0.39, 0.29) is 16.8 Å². The Kier molecular flexibility index (Phi) is 5.11. The van der Waals surface area contributed by atoms with Crippen molar-refractivity contribution in [1.82, 2.24) is 5.32 Å². The van der Waals surface area contributed by atoms with Crippen LogP contribution in [0.15, 0.2) is 53.4 Å². The predicted molar refractivity (Wildman–Crippen MR) is 99.0 cm³/mol. The number of fused-ring (bicyclic) bond motifs is 1. The molecular weight excluding hydrogens is 352 g/mol. The van der Waals surface area contributed by atoms with Gasteiger partial charge in [0.05, 0.1) is 17.5 Å². The maximum atomic E-state index is 12.1. The molecule has 0 saturated heterocycles. The van der Waals surface area contributed by atoms with E-state index < -0.39 is 10.0 Å². The second kappa shape index (κ2) is 7.31. The molecule has 1 amide bonds. The van der Waals surface area contributed by atoms with Crippen molar-refractivity contribution in [3.8, 4) is 5.75 Å². The summed E-state index contributed by atoms with van der Waals surface area (Å²) in [5.74, 6) is 0.674. The molecule has 1 unspecified atom stereocenters. The summed E-state index contributed by atoms with van der Waals surface area (Å²) in [6.45, 7) is 2.52. The molecule has 0 aromatic heterocycles. The Balaban J connectivity index is 1.62. The Morgan fingerprint density at radius 2 is 1.96 bits per heavy atom. The van der Waals surface area contributed by atoms with Crippen molar-refractivity contribution in [3.05, 3.63) is 65.2 Å². The van der Waals surface area contributed by atoms with Crippen molar-refractivity contribution >= 4 is 22.0 Å². The number of primary sulfonamides is 1. The summed E-state index contributed by atoms with van der Waals surface area (Å²) in [5, 5.41) is 7.92. The van der Waals surface area contributed by atoms with Gasteiger partial charge in [0.2, 0.25) is 15.9 Å². The zero-order valence-corrected chi connectivity index (χ0v) is 15.1. The lowest BCUT2D eigenvalue weighted by Crippen LogP contribution is -2.24. The summed E-state index contributed by atoms with van der Waals surface area (Å²) < 4.78 is 28.0. The molecule has 3 N–H and O–H groups in total. The lowest BCUT2D eigenvalue weighted by atomic mass is 10.1. The van der Waals surface area contributed by atoms with Gasteiger partial charge < -0.3 is 10.1 Å². The summed E-state index contributed by atoms with van der Waals surface area (Å²) in [6, 6.07) is 11.7. The highest BCUT2D eigenvalue weighted by atomic mass is 32.2. The monoisotopic (exact) mass is 372 g/mol. The number of nitrogens with one attached hydrogen (secondary N) is 1. The molecule has 6 nitrogen and oxygen atoms in total. The molecule has 1 atom stereocenters. The summed E-state index contributed by atoms with van der Waals surface area (Å²) in [4.78, 5) is 12.2. The molecule has 0 saturated carbocycles. The average Bonchev–Trinajstić information content (AvgIpc) is 3.07. The molecule has 26 heavy (non-hydrogen) atoms. The number of rotatable bonds is 5. The standard InChI is InChI=1S/C19H20N2O4S/c1-13(15-4-6-17(7-5-15)26(20,23)24)21-19(22)9-3-14-2-8-18-16(12-14)10-11-25-18/h2-9,12-13H,10-11H2,1H3,(H,21,22)(H2,20,23,24)/b9-3+. The largest absolute Gasteiger partial charge is 0.493 e. The molecule has 2 aromatic carbocycles. The molecule has 136 valence electrons. The van der Waals surface area contributed by atoms with Crippen molar-refractivity contribution in [3.63, 3.8) is 0 Å². The van der Waals surface area contributed by atoms with Crippen molar-refractivity contribution in [1.29, 1.82) is 0 Å². The van der Waals surface area contributed by atoms with Crippen LogP contribution in [0.5, 0.6) is 5.75 Å². The number of benzene rings is 2. The highest BCUT2D eigenvalue weighted by Gasteiger charge is 2.12. The van der Waals surface area contributed by atoms with E-state index in [0.717, 1.165) is 28.9 Å². The number of amides is 1. The Morgan fingerprint density at radius 1 is 1.23 bits per heavy atom. The Labute approximate surface area is 152 Å². The van der Waals surface area contributed by atoms with Crippen LogP contribution in [0.3, 0.4) is 0 Å². The normalized spacial score (nSPS) is 14.7. The molecule has 1 aliphatic rings. The van der Waals surface area contributed by atoms with Crippen molar-refractivity contribution < 1.29 is 17.9 Å². The van der Waals surface area contributed by atoms with E-state index in [1.54, 1.807) is 18.2 Å². The van der Waals surface area contributed by atoms with Crippen LogP contribution in [0.25, 0.3) is 6.08 Å². The summed E-state index contributed by atoms with van der Waals surface area (Å²) in [5.41, 5.74) is 2.87. The van der Waals surface area contributed by atoms with E-state index in [4.69, 9.17) is 9.88 Å². The van der Waals surface area contributed by atoms with E-state index in [1.165, 1.54) is 18.2 Å². The Morgan fingerprint density at radius 3 is 2.65 bits per heavy atom. The van der Waals surface area contributed by atoms with E-state index >= 15 is 0 Å². The maximum Gasteiger partial charge on any atom is 0.244 e. The second-order valence-electron chi connectivity index (χ2n) is 6.14. The minimum Gasteiger partial charge on any atom is -0.493 e. The lowest BCUT2D eigenvalue weighted by Gasteiger charge is -2.13. The van der Waals surface area contributed by atoms with Crippen LogP contribution < -0.4 is 15.2 Å². The van der Waals surface area contributed by atoms with E-state index in [0.29, 0.717) is 6.61 Å². The second-order valence-corrected chi connectivity index (χ2v) is 7.70. The van der Waals surface area contributed by atoms with Crippen LogP contribution in [-0.4, -0.2) is 20.9 Å². The highest BCUT2D eigenvalue weighted by molar-refractivity contribution is 7.89. The number of nitrogens with two attached hydrogens (primary N) is 1. The molecule has 1 heterocycles. The van der Waals surface area contributed by atoms with Gasteiger partial charge in [0.25, 0.3) is 0 Å². The van der Waals surface area contributed by atoms with Crippen molar-refractivity contribution in [2.45, 2.75) is 24.3 Å². The van der Waals surface area contributed by atoms with Gasteiger partial charge in [0, 0.05) is 12.5 Å². The minimum atomic E-state index is -3.72. The predicted octanol–water partition coefficient (Wildman–Crippen LogP) is 2.16. The maximum absolute atomic E-state index is 12.1. The minimum absolute atomic E-state index is 0.0419. The first-order valence-electron chi connectivity index (χ1n) is 8.20. The van der Waals surface area contributed by atoms with Crippen LogP contribution in [0.2, 0.25) is 0 Å². The summed E-state index contributed by atoms with van der Waals surface area (Å²) in [6.07, 6.45) is 4.12. The van der Waals surface area contributed by atoms with Crippen LogP contribution in [-0.2, 0) is 21.2 Å². The quantitative estimate of drug-likeness (QED) is 0.786. The van der Waals surface area contributed by atoms with Crippen molar-refractivity contribution in [2.24, 2.45) is 5.14 Å². The molecule has 0 spiro atoms. The van der Waals surface area contributed by atoms with Gasteiger partial charge >= 0.3 is 0 Å². The fraction of sp³-hybridized carbons (Fsp3) is 0.211. The molecule has 1 aliphatic heterocycles. The molecule has 3 rings (SSSR count). The first kappa shape index (κ1) is 18.2. The summed E-state index contributed by atoms with van der Waals surface area (Å²) >= 11 is 0.